The normalized spacial score (nSPS) is 19.5. The molecule has 1 atom stereocenters. The first-order chi connectivity index (χ1) is 8.18. The van der Waals surface area contributed by atoms with Crippen LogP contribution in [0.1, 0.15) is 12.0 Å². The van der Waals surface area contributed by atoms with Gasteiger partial charge in [-0.15, -0.1) is 0 Å². The van der Waals surface area contributed by atoms with Crippen molar-refractivity contribution in [2.24, 2.45) is 5.73 Å². The third kappa shape index (κ3) is 2.62. The Morgan fingerprint density at radius 1 is 1.41 bits per heavy atom. The second-order valence-corrected chi connectivity index (χ2v) is 3.93. The Kier molecular flexibility index (Phi) is 3.39. The summed E-state index contributed by atoms with van der Waals surface area (Å²) < 4.78 is 5.04. The summed E-state index contributed by atoms with van der Waals surface area (Å²) in [5.74, 6) is -0.358. The smallest absolute Gasteiger partial charge is 0.416 e. The van der Waals surface area contributed by atoms with E-state index in [0.717, 1.165) is 10.5 Å². The largest absolute Gasteiger partial charge is 0.444 e. The fourth-order valence-electron chi connectivity index (χ4n) is 1.68. The fraction of sp³-hybridized carbons (Fsp3) is 0.333. The Labute approximate surface area is 99.2 Å². The molecule has 1 aliphatic rings. The van der Waals surface area contributed by atoms with Crippen LogP contribution in [0.15, 0.2) is 30.3 Å². The highest BCUT2D eigenvalue weighted by Crippen LogP contribution is 2.11. The zero-order chi connectivity index (χ0) is 12.3. The molecule has 1 unspecified atom stereocenters. The molecule has 90 valence electrons. The Bertz CT molecular complexity index is 419. The molecule has 0 aromatic heterocycles. The lowest BCUT2D eigenvalue weighted by Gasteiger charge is -2.13. The molecule has 2 amide bonds. The number of rotatable bonds is 2. The number of carbonyl (C=O) groups is 2. The lowest BCUT2D eigenvalue weighted by molar-refractivity contribution is -0.127. The van der Waals surface area contributed by atoms with E-state index < -0.39 is 12.1 Å². The van der Waals surface area contributed by atoms with E-state index in [1.807, 2.05) is 30.3 Å². The number of imide groups is 1. The summed E-state index contributed by atoms with van der Waals surface area (Å²) in [5, 5.41) is 0. The number of nitrogens with zero attached hydrogens (tertiary/aromatic N) is 1. The third-order valence-electron chi connectivity index (χ3n) is 2.67. The van der Waals surface area contributed by atoms with E-state index in [-0.39, 0.29) is 12.5 Å². The van der Waals surface area contributed by atoms with Crippen LogP contribution in [-0.2, 0) is 16.1 Å². The number of nitrogens with two attached hydrogens (primary N) is 1. The van der Waals surface area contributed by atoms with E-state index in [4.69, 9.17) is 10.5 Å². The predicted molar refractivity (Wildman–Crippen MR) is 60.9 cm³/mol. The van der Waals surface area contributed by atoms with E-state index in [1.54, 1.807) is 0 Å². The van der Waals surface area contributed by atoms with E-state index >= 15 is 0 Å². The standard InChI is InChI=1S/C12H14N2O3/c13-10-6-7-14(11(10)15)12(16)17-8-9-4-2-1-3-5-9/h1-5,10H,6-8,13H2. The molecule has 1 heterocycles. The molecular formula is C12H14N2O3. The molecule has 1 aromatic rings. The molecule has 5 nitrogen and oxygen atoms in total. The first-order valence-electron chi connectivity index (χ1n) is 5.46. The summed E-state index contributed by atoms with van der Waals surface area (Å²) >= 11 is 0. The van der Waals surface area contributed by atoms with Gasteiger partial charge in [0.2, 0.25) is 5.91 Å². The van der Waals surface area contributed by atoms with Gasteiger partial charge in [0, 0.05) is 6.54 Å². The minimum absolute atomic E-state index is 0.165. The Morgan fingerprint density at radius 2 is 2.12 bits per heavy atom. The maximum absolute atomic E-state index is 11.6. The van der Waals surface area contributed by atoms with Gasteiger partial charge in [0.15, 0.2) is 0 Å². The van der Waals surface area contributed by atoms with Crippen LogP contribution < -0.4 is 5.73 Å². The van der Waals surface area contributed by atoms with Gasteiger partial charge in [-0.2, -0.15) is 0 Å². The molecule has 1 aromatic carbocycles. The zero-order valence-electron chi connectivity index (χ0n) is 9.33. The van der Waals surface area contributed by atoms with Gasteiger partial charge in [-0.05, 0) is 12.0 Å². The Morgan fingerprint density at radius 3 is 2.71 bits per heavy atom. The van der Waals surface area contributed by atoms with Gasteiger partial charge in [-0.3, -0.25) is 4.79 Å². The first kappa shape index (κ1) is 11.6. The van der Waals surface area contributed by atoms with Crippen molar-refractivity contribution in [1.82, 2.24) is 4.90 Å². The third-order valence-corrected chi connectivity index (χ3v) is 2.67. The van der Waals surface area contributed by atoms with E-state index in [0.29, 0.717) is 13.0 Å². The Hall–Kier alpha value is -1.88. The quantitative estimate of drug-likeness (QED) is 0.824. The average Bonchev–Trinajstić information content (AvgIpc) is 2.69. The van der Waals surface area contributed by atoms with Crippen LogP contribution in [0.3, 0.4) is 0 Å². The molecule has 0 radical (unpaired) electrons. The topological polar surface area (TPSA) is 72.6 Å². The van der Waals surface area contributed by atoms with Crippen LogP contribution in [0.25, 0.3) is 0 Å². The summed E-state index contributed by atoms with van der Waals surface area (Å²) in [5.41, 5.74) is 6.40. The predicted octanol–water partition coefficient (Wildman–Crippen LogP) is 0.883. The molecule has 1 saturated heterocycles. The van der Waals surface area contributed by atoms with E-state index in [9.17, 15) is 9.59 Å². The van der Waals surface area contributed by atoms with E-state index in [1.165, 1.54) is 0 Å². The molecule has 0 aliphatic carbocycles. The molecule has 0 spiro atoms. The van der Waals surface area contributed by atoms with Crippen LogP contribution in [-0.4, -0.2) is 29.5 Å². The molecule has 5 heteroatoms. The average molecular weight is 234 g/mol. The minimum atomic E-state index is -0.619. The van der Waals surface area contributed by atoms with Crippen molar-refractivity contribution in [3.05, 3.63) is 35.9 Å². The highest BCUT2D eigenvalue weighted by atomic mass is 16.6. The maximum atomic E-state index is 11.6. The van der Waals surface area contributed by atoms with Gasteiger partial charge < -0.3 is 10.5 Å². The van der Waals surface area contributed by atoms with Crippen molar-refractivity contribution in [3.8, 4) is 0 Å². The molecule has 1 fully saturated rings. The minimum Gasteiger partial charge on any atom is -0.444 e. The summed E-state index contributed by atoms with van der Waals surface area (Å²) in [6.07, 6.45) is -0.119. The molecule has 0 saturated carbocycles. The van der Waals surface area contributed by atoms with Crippen molar-refractivity contribution in [1.29, 1.82) is 0 Å². The highest BCUT2D eigenvalue weighted by molar-refractivity contribution is 5.96. The lowest BCUT2D eigenvalue weighted by Crippen LogP contribution is -2.38. The number of amides is 2. The van der Waals surface area contributed by atoms with Crippen molar-refractivity contribution >= 4 is 12.0 Å². The van der Waals surface area contributed by atoms with Crippen LogP contribution >= 0.6 is 0 Å². The van der Waals surface area contributed by atoms with Crippen molar-refractivity contribution in [2.75, 3.05) is 6.54 Å². The van der Waals surface area contributed by atoms with Gasteiger partial charge in [-0.25, -0.2) is 9.69 Å². The second-order valence-electron chi connectivity index (χ2n) is 3.93. The second kappa shape index (κ2) is 4.97. The summed E-state index contributed by atoms with van der Waals surface area (Å²) in [7, 11) is 0. The molecule has 0 bridgehead atoms. The molecule has 2 N–H and O–H groups in total. The number of hydrogen-bond donors (Lipinski definition) is 1. The van der Waals surface area contributed by atoms with Gasteiger partial charge in [-0.1, -0.05) is 30.3 Å². The Balaban J connectivity index is 1.88. The summed E-state index contributed by atoms with van der Waals surface area (Å²) in [6, 6.07) is 8.74. The number of hydrogen-bond acceptors (Lipinski definition) is 4. The number of ether oxygens (including phenoxy) is 1. The fourth-order valence-corrected chi connectivity index (χ4v) is 1.68. The SMILES string of the molecule is NC1CCN(C(=O)OCc2ccccc2)C1=O. The van der Waals surface area contributed by atoms with Gasteiger partial charge in [0.05, 0.1) is 6.04 Å². The molecular weight excluding hydrogens is 220 g/mol. The molecule has 1 aliphatic heterocycles. The molecule has 2 rings (SSSR count). The van der Waals surface area contributed by atoms with Crippen LogP contribution in [0.2, 0.25) is 0 Å². The van der Waals surface area contributed by atoms with Crippen LogP contribution in [0.5, 0.6) is 0 Å². The highest BCUT2D eigenvalue weighted by Gasteiger charge is 2.34. The van der Waals surface area contributed by atoms with Crippen LogP contribution in [0, 0.1) is 0 Å². The maximum Gasteiger partial charge on any atom is 0.416 e. The van der Waals surface area contributed by atoms with Gasteiger partial charge in [0.1, 0.15) is 6.61 Å². The zero-order valence-corrected chi connectivity index (χ0v) is 9.33. The van der Waals surface area contributed by atoms with E-state index in [2.05, 4.69) is 0 Å². The first-order valence-corrected chi connectivity index (χ1v) is 5.46. The number of carbonyl (C=O) groups excluding carboxylic acids is 2. The summed E-state index contributed by atoms with van der Waals surface area (Å²) in [4.78, 5) is 24.1. The molecule has 17 heavy (non-hydrogen) atoms. The summed E-state index contributed by atoms with van der Waals surface area (Å²) in [6.45, 7) is 0.506. The van der Waals surface area contributed by atoms with Gasteiger partial charge in [0.25, 0.3) is 0 Å². The number of likely N-dealkylation sites (tertiary alicyclic amines) is 1. The van der Waals surface area contributed by atoms with Crippen molar-refractivity contribution < 1.29 is 14.3 Å². The van der Waals surface area contributed by atoms with Crippen molar-refractivity contribution in [2.45, 2.75) is 19.1 Å². The van der Waals surface area contributed by atoms with Gasteiger partial charge >= 0.3 is 6.09 Å². The lowest BCUT2D eigenvalue weighted by atomic mass is 10.2. The van der Waals surface area contributed by atoms with Crippen LogP contribution in [0.4, 0.5) is 4.79 Å². The monoisotopic (exact) mass is 234 g/mol. The number of benzene rings is 1. The van der Waals surface area contributed by atoms with Crippen molar-refractivity contribution in [3.63, 3.8) is 0 Å².